The molecule has 1 N–H and O–H groups in total. The number of ether oxygens (including phenoxy) is 1. The third kappa shape index (κ3) is 4.09. The second-order valence-corrected chi connectivity index (χ2v) is 5.60. The quantitative estimate of drug-likeness (QED) is 0.850. The Hall–Kier alpha value is -1.32. The van der Waals surface area contributed by atoms with Gasteiger partial charge in [0.25, 0.3) is 0 Å². The summed E-state index contributed by atoms with van der Waals surface area (Å²) < 4.78 is 6.96. The van der Waals surface area contributed by atoms with Crippen LogP contribution in [0.15, 0.2) is 46.9 Å². The van der Waals surface area contributed by atoms with Crippen LogP contribution in [0.2, 0.25) is 0 Å². The minimum atomic E-state index is 0.577. The fraction of sp³-hybridized carbons (Fsp3) is 0.294. The molecule has 2 rings (SSSR count). The molecule has 0 saturated heterocycles. The molecule has 0 saturated carbocycles. The van der Waals surface area contributed by atoms with Crippen LogP contribution >= 0.6 is 15.9 Å². The van der Waals surface area contributed by atoms with Gasteiger partial charge in [-0.2, -0.15) is 0 Å². The molecule has 0 fully saturated rings. The van der Waals surface area contributed by atoms with E-state index in [0.717, 1.165) is 28.8 Å². The molecule has 0 amide bonds. The molecule has 0 aliphatic carbocycles. The zero-order valence-electron chi connectivity index (χ0n) is 11.9. The Morgan fingerprint density at radius 1 is 1.10 bits per heavy atom. The van der Waals surface area contributed by atoms with Crippen LogP contribution in [0.4, 0.5) is 0 Å². The number of aryl methyl sites for hydroxylation is 1. The van der Waals surface area contributed by atoms with Crippen molar-refractivity contribution in [1.82, 2.24) is 5.32 Å². The summed E-state index contributed by atoms with van der Waals surface area (Å²) in [4.78, 5) is 0. The third-order valence-corrected chi connectivity index (χ3v) is 3.94. The predicted molar refractivity (Wildman–Crippen MR) is 87.1 cm³/mol. The van der Waals surface area contributed by atoms with E-state index in [1.165, 1.54) is 11.1 Å². The van der Waals surface area contributed by atoms with E-state index in [1.807, 2.05) is 19.2 Å². The molecule has 20 heavy (non-hydrogen) atoms. The molecular formula is C17H20BrNO. The van der Waals surface area contributed by atoms with E-state index < -0.39 is 0 Å². The lowest BCUT2D eigenvalue weighted by Gasteiger charge is -2.10. The maximum absolute atomic E-state index is 5.87. The Labute approximate surface area is 129 Å². The molecule has 0 aliphatic rings. The van der Waals surface area contributed by atoms with Crippen molar-refractivity contribution in [1.29, 1.82) is 0 Å². The van der Waals surface area contributed by atoms with Crippen molar-refractivity contribution in [3.63, 3.8) is 0 Å². The molecule has 2 aromatic carbocycles. The highest BCUT2D eigenvalue weighted by atomic mass is 79.9. The van der Waals surface area contributed by atoms with Crippen molar-refractivity contribution in [2.75, 3.05) is 7.05 Å². The van der Waals surface area contributed by atoms with Crippen molar-refractivity contribution < 1.29 is 4.74 Å². The zero-order valence-corrected chi connectivity index (χ0v) is 13.5. The maximum atomic E-state index is 5.87. The van der Waals surface area contributed by atoms with Crippen LogP contribution in [0.5, 0.6) is 5.75 Å². The smallest absolute Gasteiger partial charge is 0.120 e. The second kappa shape index (κ2) is 7.46. The lowest BCUT2D eigenvalue weighted by Crippen LogP contribution is -2.05. The monoisotopic (exact) mass is 333 g/mol. The van der Waals surface area contributed by atoms with Gasteiger partial charge in [0, 0.05) is 16.6 Å². The van der Waals surface area contributed by atoms with Crippen LogP contribution in [0.1, 0.15) is 23.6 Å². The van der Waals surface area contributed by atoms with Gasteiger partial charge in [0.2, 0.25) is 0 Å². The van der Waals surface area contributed by atoms with Crippen molar-refractivity contribution in [2.45, 2.75) is 26.5 Å². The molecule has 0 aromatic heterocycles. The van der Waals surface area contributed by atoms with Gasteiger partial charge in [0.1, 0.15) is 12.4 Å². The van der Waals surface area contributed by atoms with Gasteiger partial charge < -0.3 is 10.1 Å². The summed E-state index contributed by atoms with van der Waals surface area (Å²) in [5, 5.41) is 3.15. The highest BCUT2D eigenvalue weighted by molar-refractivity contribution is 9.10. The summed E-state index contributed by atoms with van der Waals surface area (Å²) in [6, 6.07) is 14.6. The van der Waals surface area contributed by atoms with Gasteiger partial charge in [-0.3, -0.25) is 0 Å². The van der Waals surface area contributed by atoms with Gasteiger partial charge >= 0.3 is 0 Å². The maximum Gasteiger partial charge on any atom is 0.120 e. The highest BCUT2D eigenvalue weighted by Gasteiger charge is 2.03. The van der Waals surface area contributed by atoms with Crippen LogP contribution in [0, 0.1) is 0 Å². The molecule has 2 nitrogen and oxygen atoms in total. The van der Waals surface area contributed by atoms with Crippen LogP contribution in [-0.2, 0) is 19.6 Å². The molecule has 3 heteroatoms. The van der Waals surface area contributed by atoms with E-state index in [1.54, 1.807) is 0 Å². The number of hydrogen-bond donors (Lipinski definition) is 1. The van der Waals surface area contributed by atoms with E-state index >= 15 is 0 Å². The average molecular weight is 334 g/mol. The minimum absolute atomic E-state index is 0.577. The largest absolute Gasteiger partial charge is 0.489 e. The number of halogens is 1. The molecule has 0 aliphatic heterocycles. The van der Waals surface area contributed by atoms with Crippen LogP contribution in [0.3, 0.4) is 0 Å². The van der Waals surface area contributed by atoms with Gasteiger partial charge in [0.15, 0.2) is 0 Å². The normalized spacial score (nSPS) is 10.6. The standard InChI is InChI=1S/C17H20BrNO/c1-3-13-5-4-6-16(9-13)20-12-15-8-7-14(11-19-2)10-17(15)18/h4-10,19H,3,11-12H2,1-2H3. The zero-order chi connectivity index (χ0) is 14.4. The molecular weight excluding hydrogens is 314 g/mol. The summed E-state index contributed by atoms with van der Waals surface area (Å²) in [5.74, 6) is 0.926. The molecule has 2 aromatic rings. The van der Waals surface area contributed by atoms with Gasteiger partial charge in [-0.25, -0.2) is 0 Å². The molecule has 106 valence electrons. The van der Waals surface area contributed by atoms with E-state index in [2.05, 4.69) is 58.5 Å². The van der Waals surface area contributed by atoms with Crippen molar-refractivity contribution in [2.24, 2.45) is 0 Å². The average Bonchev–Trinajstić information content (AvgIpc) is 2.47. The Morgan fingerprint density at radius 2 is 1.95 bits per heavy atom. The number of hydrogen-bond acceptors (Lipinski definition) is 2. The number of rotatable bonds is 6. The van der Waals surface area contributed by atoms with E-state index in [0.29, 0.717) is 6.61 Å². The summed E-state index contributed by atoms with van der Waals surface area (Å²) in [7, 11) is 1.95. The third-order valence-electron chi connectivity index (χ3n) is 3.20. The molecule has 0 radical (unpaired) electrons. The minimum Gasteiger partial charge on any atom is -0.489 e. The van der Waals surface area contributed by atoms with E-state index in [-0.39, 0.29) is 0 Å². The first-order valence-corrected chi connectivity index (χ1v) is 7.66. The Bertz CT molecular complexity index is 569. The summed E-state index contributed by atoms with van der Waals surface area (Å²) >= 11 is 3.61. The number of nitrogens with one attached hydrogen (secondary N) is 1. The van der Waals surface area contributed by atoms with Crippen molar-refractivity contribution in [3.8, 4) is 5.75 Å². The molecule has 0 bridgehead atoms. The molecule has 0 unspecified atom stereocenters. The first-order chi connectivity index (χ1) is 9.72. The van der Waals surface area contributed by atoms with Gasteiger partial charge in [-0.15, -0.1) is 0 Å². The summed E-state index contributed by atoms with van der Waals surface area (Å²) in [6.45, 7) is 3.60. The fourth-order valence-corrected chi connectivity index (χ4v) is 2.58. The van der Waals surface area contributed by atoms with Gasteiger partial charge in [0.05, 0.1) is 0 Å². The topological polar surface area (TPSA) is 21.3 Å². The fourth-order valence-electron chi connectivity index (χ4n) is 2.04. The second-order valence-electron chi connectivity index (χ2n) is 4.75. The molecule has 0 spiro atoms. The highest BCUT2D eigenvalue weighted by Crippen LogP contribution is 2.21. The van der Waals surface area contributed by atoms with Crippen molar-refractivity contribution >= 4 is 15.9 Å². The van der Waals surface area contributed by atoms with Gasteiger partial charge in [-0.05, 0) is 42.8 Å². The van der Waals surface area contributed by atoms with E-state index in [9.17, 15) is 0 Å². The summed E-state index contributed by atoms with van der Waals surface area (Å²) in [6.07, 6.45) is 1.03. The van der Waals surface area contributed by atoms with Crippen LogP contribution in [-0.4, -0.2) is 7.05 Å². The van der Waals surface area contributed by atoms with Gasteiger partial charge in [-0.1, -0.05) is 47.1 Å². The van der Waals surface area contributed by atoms with E-state index in [4.69, 9.17) is 4.74 Å². The Morgan fingerprint density at radius 3 is 2.65 bits per heavy atom. The Balaban J connectivity index is 2.03. The molecule has 0 atom stereocenters. The van der Waals surface area contributed by atoms with Crippen LogP contribution < -0.4 is 10.1 Å². The summed E-state index contributed by atoms with van der Waals surface area (Å²) in [5.41, 5.74) is 3.72. The first kappa shape index (κ1) is 15.1. The van der Waals surface area contributed by atoms with Crippen molar-refractivity contribution in [3.05, 3.63) is 63.6 Å². The SMILES string of the molecule is CCc1cccc(OCc2ccc(CNC)cc2Br)c1. The van der Waals surface area contributed by atoms with Crippen LogP contribution in [0.25, 0.3) is 0 Å². The predicted octanol–water partition coefficient (Wildman–Crippen LogP) is 4.31. The lowest BCUT2D eigenvalue weighted by molar-refractivity contribution is 0.305. The molecule has 0 heterocycles. The lowest BCUT2D eigenvalue weighted by atomic mass is 10.1. The number of benzene rings is 2. The first-order valence-electron chi connectivity index (χ1n) is 6.86. The Kier molecular flexibility index (Phi) is 5.62.